The summed E-state index contributed by atoms with van der Waals surface area (Å²) in [5, 5.41) is 0. The summed E-state index contributed by atoms with van der Waals surface area (Å²) in [7, 11) is 0. The molecule has 23 heavy (non-hydrogen) atoms. The van der Waals surface area contributed by atoms with Crippen molar-refractivity contribution in [3.63, 3.8) is 0 Å². The van der Waals surface area contributed by atoms with Crippen molar-refractivity contribution < 1.29 is 0 Å². The Morgan fingerprint density at radius 3 is 1.52 bits per heavy atom. The van der Waals surface area contributed by atoms with E-state index in [0.717, 1.165) is 5.75 Å². The molecule has 1 aliphatic rings. The van der Waals surface area contributed by atoms with E-state index >= 15 is 0 Å². The van der Waals surface area contributed by atoms with Crippen molar-refractivity contribution in [2.75, 3.05) is 0 Å². The zero-order chi connectivity index (χ0) is 15.9. The third kappa shape index (κ3) is 4.87. The molecule has 0 amide bonds. The normalized spacial score (nSPS) is 15.9. The number of hydrogen-bond donors (Lipinski definition) is 1. The van der Waals surface area contributed by atoms with Crippen molar-refractivity contribution in [3.8, 4) is 0 Å². The molecule has 0 spiro atoms. The lowest BCUT2D eigenvalue weighted by Gasteiger charge is -2.00. The van der Waals surface area contributed by atoms with Crippen molar-refractivity contribution in [2.24, 2.45) is 0 Å². The summed E-state index contributed by atoms with van der Waals surface area (Å²) in [4.78, 5) is 0. The predicted octanol–water partition coefficient (Wildman–Crippen LogP) is 5.71. The van der Waals surface area contributed by atoms with E-state index in [9.17, 15) is 0 Å². The number of hydrogen-bond acceptors (Lipinski definition) is 1. The molecule has 0 bridgehead atoms. The molecule has 5 radical (unpaired) electrons. The monoisotopic (exact) mass is 315 g/mol. The number of allylic oxidation sites excluding steroid dienone is 1. The van der Waals surface area contributed by atoms with Gasteiger partial charge >= 0.3 is 0 Å². The maximum atomic E-state index is 4.28. The summed E-state index contributed by atoms with van der Waals surface area (Å²) in [6, 6.07) is 17.0. The van der Waals surface area contributed by atoms with Gasteiger partial charge in [-0.15, -0.1) is 0 Å². The lowest BCUT2D eigenvalue weighted by Crippen LogP contribution is -1.84. The lowest BCUT2D eigenvalue weighted by atomic mass is 10.0. The van der Waals surface area contributed by atoms with Gasteiger partial charge in [0.25, 0.3) is 0 Å². The average molecular weight is 315 g/mol. The highest BCUT2D eigenvalue weighted by atomic mass is 32.1. The molecule has 113 valence electrons. The molecule has 0 aromatic heterocycles. The SMILES string of the molecule is SCc1ccc(/C=C/c2ccc(/C=C/[C]3[CH][CH][CH][CH]3)cc2)cc1. The van der Waals surface area contributed by atoms with Crippen LogP contribution in [0.1, 0.15) is 22.3 Å². The topological polar surface area (TPSA) is 0 Å². The highest BCUT2D eigenvalue weighted by Crippen LogP contribution is 2.25. The Hall–Kier alpha value is -1.73. The Labute approximate surface area is 145 Å². The third-order valence-corrected chi connectivity index (χ3v) is 4.09. The second kappa shape index (κ2) is 8.21. The van der Waals surface area contributed by atoms with Crippen molar-refractivity contribution >= 4 is 30.9 Å². The van der Waals surface area contributed by atoms with E-state index in [1.54, 1.807) is 0 Å². The fourth-order valence-corrected chi connectivity index (χ4v) is 2.55. The predicted molar refractivity (Wildman–Crippen MR) is 104 cm³/mol. The van der Waals surface area contributed by atoms with E-state index in [0.29, 0.717) is 0 Å². The summed E-state index contributed by atoms with van der Waals surface area (Å²) in [5.41, 5.74) is 4.86. The second-order valence-electron chi connectivity index (χ2n) is 5.45. The fourth-order valence-electron chi connectivity index (χ4n) is 2.34. The molecule has 1 heteroatoms. The second-order valence-corrected chi connectivity index (χ2v) is 5.77. The van der Waals surface area contributed by atoms with E-state index < -0.39 is 0 Å². The first-order chi connectivity index (χ1) is 11.3. The molecule has 0 N–H and O–H groups in total. The highest BCUT2D eigenvalue weighted by Gasteiger charge is 2.12. The Kier molecular flexibility index (Phi) is 5.76. The first kappa shape index (κ1) is 16.1. The van der Waals surface area contributed by atoms with Crippen LogP contribution in [-0.4, -0.2) is 0 Å². The Morgan fingerprint density at radius 1 is 0.609 bits per heavy atom. The summed E-state index contributed by atoms with van der Waals surface area (Å²) >= 11 is 4.28. The van der Waals surface area contributed by atoms with Crippen LogP contribution in [0.3, 0.4) is 0 Å². The zero-order valence-corrected chi connectivity index (χ0v) is 13.8. The van der Waals surface area contributed by atoms with E-state index in [1.165, 1.54) is 28.2 Å². The Bertz CT molecular complexity index is 656. The summed E-state index contributed by atoms with van der Waals surface area (Å²) in [6.45, 7) is 0. The molecule has 0 heterocycles. The van der Waals surface area contributed by atoms with Crippen LogP contribution in [-0.2, 0) is 5.75 Å². The van der Waals surface area contributed by atoms with E-state index in [4.69, 9.17) is 0 Å². The maximum absolute atomic E-state index is 4.28. The van der Waals surface area contributed by atoms with Gasteiger partial charge in [0.15, 0.2) is 0 Å². The average Bonchev–Trinajstić information content (AvgIpc) is 3.13. The van der Waals surface area contributed by atoms with Gasteiger partial charge in [-0.25, -0.2) is 0 Å². The molecule has 1 aliphatic carbocycles. The van der Waals surface area contributed by atoms with Crippen LogP contribution in [0.15, 0.2) is 54.6 Å². The minimum atomic E-state index is 0.781. The van der Waals surface area contributed by atoms with Gasteiger partial charge in [0, 0.05) is 11.7 Å². The third-order valence-electron chi connectivity index (χ3n) is 3.72. The number of rotatable bonds is 5. The molecule has 0 saturated heterocycles. The van der Waals surface area contributed by atoms with E-state index in [2.05, 4.69) is 111 Å². The molecular formula is C22H19S. The molecule has 0 nitrogen and oxygen atoms in total. The molecule has 1 fully saturated rings. The van der Waals surface area contributed by atoms with Gasteiger partial charge in [-0.3, -0.25) is 0 Å². The minimum Gasteiger partial charge on any atom is -0.175 e. The van der Waals surface area contributed by atoms with Gasteiger partial charge in [-0.05, 0) is 47.9 Å². The molecule has 2 aromatic carbocycles. The van der Waals surface area contributed by atoms with Crippen LogP contribution in [0.4, 0.5) is 0 Å². The Balaban J connectivity index is 1.60. The molecule has 1 saturated carbocycles. The summed E-state index contributed by atoms with van der Waals surface area (Å²) in [5.74, 6) is 2.02. The first-order valence-corrected chi connectivity index (χ1v) is 8.34. The fraction of sp³-hybridized carbons (Fsp3) is 0.0455. The maximum Gasteiger partial charge on any atom is 0.0154 e. The number of thiol groups is 1. The molecule has 0 unspecified atom stereocenters. The van der Waals surface area contributed by atoms with Crippen molar-refractivity contribution in [1.82, 2.24) is 0 Å². The first-order valence-electron chi connectivity index (χ1n) is 7.71. The molecule has 0 aliphatic heterocycles. The molecule has 3 rings (SSSR count). The highest BCUT2D eigenvalue weighted by molar-refractivity contribution is 7.79. The minimum absolute atomic E-state index is 0.781. The standard InChI is InChI=1S/C22H19S/c23-17-22-15-13-21(14-16-22)12-11-20-9-7-19(8-10-20)6-5-18-3-1-2-4-18/h1-16,23H,17H2/b6-5+,12-11+. The van der Waals surface area contributed by atoms with Crippen LogP contribution in [0.2, 0.25) is 0 Å². The van der Waals surface area contributed by atoms with Crippen LogP contribution >= 0.6 is 12.6 Å². The lowest BCUT2D eigenvalue weighted by molar-refractivity contribution is 1.39. The van der Waals surface area contributed by atoms with Crippen LogP contribution in [0.5, 0.6) is 0 Å². The van der Waals surface area contributed by atoms with Crippen molar-refractivity contribution in [3.05, 3.63) is 108 Å². The number of benzene rings is 2. The van der Waals surface area contributed by atoms with Gasteiger partial charge in [0.2, 0.25) is 0 Å². The summed E-state index contributed by atoms with van der Waals surface area (Å²) in [6.07, 6.45) is 16.9. The van der Waals surface area contributed by atoms with Gasteiger partial charge in [-0.1, -0.05) is 72.8 Å². The van der Waals surface area contributed by atoms with Crippen molar-refractivity contribution in [2.45, 2.75) is 5.75 Å². The van der Waals surface area contributed by atoms with Gasteiger partial charge < -0.3 is 0 Å². The Morgan fingerprint density at radius 2 is 1.04 bits per heavy atom. The van der Waals surface area contributed by atoms with E-state index in [-0.39, 0.29) is 0 Å². The van der Waals surface area contributed by atoms with Crippen LogP contribution in [0.25, 0.3) is 18.2 Å². The summed E-state index contributed by atoms with van der Waals surface area (Å²) < 4.78 is 0. The van der Waals surface area contributed by atoms with Crippen molar-refractivity contribution in [1.29, 1.82) is 0 Å². The molecule has 0 atom stereocenters. The zero-order valence-electron chi connectivity index (χ0n) is 12.9. The van der Waals surface area contributed by atoms with Gasteiger partial charge in [-0.2, -0.15) is 12.6 Å². The molecule has 2 aromatic rings. The van der Waals surface area contributed by atoms with Gasteiger partial charge in [0.05, 0.1) is 0 Å². The quantitative estimate of drug-likeness (QED) is 0.530. The van der Waals surface area contributed by atoms with Crippen LogP contribution < -0.4 is 0 Å². The molecular weight excluding hydrogens is 296 g/mol. The largest absolute Gasteiger partial charge is 0.175 e. The van der Waals surface area contributed by atoms with Crippen LogP contribution in [0, 0.1) is 31.6 Å². The smallest absolute Gasteiger partial charge is 0.0154 e. The van der Waals surface area contributed by atoms with E-state index in [1.807, 2.05) is 0 Å². The van der Waals surface area contributed by atoms with Gasteiger partial charge in [0.1, 0.15) is 0 Å².